The summed E-state index contributed by atoms with van der Waals surface area (Å²) in [7, 11) is 2.09. The van der Waals surface area contributed by atoms with Crippen LogP contribution in [0, 0.1) is 5.82 Å². The highest BCUT2D eigenvalue weighted by Gasteiger charge is 2.40. The summed E-state index contributed by atoms with van der Waals surface area (Å²) in [5.74, 6) is 0.102. The van der Waals surface area contributed by atoms with Crippen LogP contribution in [-0.4, -0.2) is 74.5 Å². The van der Waals surface area contributed by atoms with E-state index in [-0.39, 0.29) is 47.2 Å². The molecule has 3 aliphatic rings. The lowest BCUT2D eigenvalue weighted by Gasteiger charge is -2.48. The second-order valence-electron chi connectivity index (χ2n) is 11.6. The number of phenolic OH excluding ortho intramolecular Hbond substituents is 1. The molecule has 3 fully saturated rings. The molecule has 3 saturated heterocycles. The molecule has 0 spiro atoms. The van der Waals surface area contributed by atoms with Gasteiger partial charge in [-0.3, -0.25) is 4.98 Å². The predicted octanol–water partition coefficient (Wildman–Crippen LogP) is 5.04. The number of pyridine rings is 1. The minimum Gasteiger partial charge on any atom is -0.508 e. The van der Waals surface area contributed by atoms with Crippen molar-refractivity contribution in [2.45, 2.75) is 69.2 Å². The quantitative estimate of drug-likeness (QED) is 0.361. The third kappa shape index (κ3) is 4.41. The number of nitrogens with zero attached hydrogens (tertiary/aromatic N) is 5. The molecule has 208 valence electrons. The van der Waals surface area contributed by atoms with E-state index in [2.05, 4.69) is 26.8 Å². The topological polar surface area (TPSA) is 94.8 Å². The minimum atomic E-state index is -0.568. The van der Waals surface area contributed by atoms with Crippen molar-refractivity contribution in [3.8, 4) is 23.0 Å². The van der Waals surface area contributed by atoms with E-state index in [1.165, 1.54) is 0 Å². The fourth-order valence-electron chi connectivity index (χ4n) is 7.02. The molecular weight excluding hydrogens is 509 g/mol. The van der Waals surface area contributed by atoms with E-state index < -0.39 is 5.82 Å². The van der Waals surface area contributed by atoms with Crippen molar-refractivity contribution in [1.82, 2.24) is 19.9 Å². The number of aliphatic hydroxyl groups is 1. The minimum absolute atomic E-state index is 0.0442. The molecule has 0 saturated carbocycles. The molecule has 2 aromatic carbocycles. The van der Waals surface area contributed by atoms with Crippen LogP contribution in [0.15, 0.2) is 42.6 Å². The van der Waals surface area contributed by atoms with Crippen LogP contribution < -0.4 is 9.64 Å². The first-order valence-corrected chi connectivity index (χ1v) is 14.3. The number of hydrogen-bond donors (Lipinski definition) is 2. The van der Waals surface area contributed by atoms with Gasteiger partial charge in [0.25, 0.3) is 0 Å². The highest BCUT2D eigenvalue weighted by atomic mass is 19.1. The maximum absolute atomic E-state index is 16.5. The first kappa shape index (κ1) is 25.4. The Morgan fingerprint density at radius 1 is 1.02 bits per heavy atom. The molecule has 0 radical (unpaired) electrons. The zero-order valence-electron chi connectivity index (χ0n) is 22.6. The van der Waals surface area contributed by atoms with Crippen LogP contribution in [0.5, 0.6) is 11.8 Å². The molecule has 4 atom stereocenters. The van der Waals surface area contributed by atoms with Crippen LogP contribution in [-0.2, 0) is 0 Å². The van der Waals surface area contributed by atoms with E-state index in [1.54, 1.807) is 18.3 Å². The molecule has 0 aliphatic carbocycles. The maximum Gasteiger partial charge on any atom is 0.319 e. The van der Waals surface area contributed by atoms with Gasteiger partial charge in [-0.15, -0.1) is 0 Å². The van der Waals surface area contributed by atoms with Gasteiger partial charge >= 0.3 is 6.01 Å². The molecule has 8 nitrogen and oxygen atoms in total. The molecule has 5 heterocycles. The van der Waals surface area contributed by atoms with Crippen molar-refractivity contribution in [1.29, 1.82) is 0 Å². The van der Waals surface area contributed by atoms with Crippen molar-refractivity contribution in [2.24, 2.45) is 0 Å². The molecule has 9 heteroatoms. The number of rotatable bonds is 5. The monoisotopic (exact) mass is 543 g/mol. The summed E-state index contributed by atoms with van der Waals surface area (Å²) in [5, 5.41) is 23.1. The molecule has 0 amide bonds. The van der Waals surface area contributed by atoms with Crippen molar-refractivity contribution in [3.63, 3.8) is 0 Å². The molecule has 40 heavy (non-hydrogen) atoms. The van der Waals surface area contributed by atoms with Gasteiger partial charge < -0.3 is 24.7 Å². The average molecular weight is 544 g/mol. The summed E-state index contributed by atoms with van der Waals surface area (Å²) in [5.41, 5.74) is 0.782. The summed E-state index contributed by atoms with van der Waals surface area (Å²) in [6.45, 7) is 1.46. The Morgan fingerprint density at radius 3 is 2.60 bits per heavy atom. The molecule has 2 bridgehead atoms. The van der Waals surface area contributed by atoms with Gasteiger partial charge in [-0.2, -0.15) is 9.97 Å². The number of piperidine rings is 2. The van der Waals surface area contributed by atoms with Crippen molar-refractivity contribution in [2.75, 3.05) is 25.1 Å². The summed E-state index contributed by atoms with van der Waals surface area (Å²) in [4.78, 5) is 18.6. The van der Waals surface area contributed by atoms with E-state index >= 15 is 4.39 Å². The summed E-state index contributed by atoms with van der Waals surface area (Å²) in [6.07, 6.45) is 7.79. The number of hydrogen-bond acceptors (Lipinski definition) is 8. The Labute approximate surface area is 232 Å². The number of anilines is 1. The first-order valence-electron chi connectivity index (χ1n) is 14.3. The highest BCUT2D eigenvalue weighted by Crippen LogP contribution is 2.42. The SMILES string of the molecule is CN1CCC[C@H]1COc1nc(N2C3CCC[C@@H]2C[C@H](O)C3)c2cnc(-c3cc(O)cc4ccccc34)c(F)c2n1. The third-order valence-corrected chi connectivity index (χ3v) is 9.02. The van der Waals surface area contributed by atoms with E-state index in [4.69, 9.17) is 9.72 Å². The van der Waals surface area contributed by atoms with E-state index in [1.807, 2.05) is 24.3 Å². The normalized spacial score (nSPS) is 25.1. The van der Waals surface area contributed by atoms with Gasteiger partial charge in [0.2, 0.25) is 0 Å². The number of likely N-dealkylation sites (tertiary alicyclic amines) is 1. The molecular formula is C31H34FN5O3. The number of aromatic nitrogens is 3. The number of phenols is 1. The van der Waals surface area contributed by atoms with Gasteiger partial charge in [-0.1, -0.05) is 24.3 Å². The van der Waals surface area contributed by atoms with Gasteiger partial charge in [0.15, 0.2) is 5.82 Å². The number of aliphatic hydroxyl groups excluding tert-OH is 1. The second-order valence-corrected chi connectivity index (χ2v) is 11.6. The zero-order chi connectivity index (χ0) is 27.4. The van der Waals surface area contributed by atoms with Gasteiger partial charge in [-0.05, 0) is 81.4 Å². The van der Waals surface area contributed by atoms with E-state index in [0.29, 0.717) is 36.2 Å². The Morgan fingerprint density at radius 2 is 1.82 bits per heavy atom. The molecule has 2 aromatic heterocycles. The lowest BCUT2D eigenvalue weighted by Crippen LogP contribution is -2.54. The van der Waals surface area contributed by atoms with Crippen LogP contribution >= 0.6 is 0 Å². The molecule has 2 N–H and O–H groups in total. The number of ether oxygens (including phenoxy) is 1. The highest BCUT2D eigenvalue weighted by molar-refractivity contribution is 6.00. The van der Waals surface area contributed by atoms with Crippen LogP contribution in [0.4, 0.5) is 10.2 Å². The van der Waals surface area contributed by atoms with E-state index in [0.717, 1.165) is 49.4 Å². The Bertz CT molecular complexity index is 1570. The number of aromatic hydroxyl groups is 1. The number of benzene rings is 2. The summed E-state index contributed by atoms with van der Waals surface area (Å²) < 4.78 is 22.7. The Hall–Kier alpha value is -3.56. The van der Waals surface area contributed by atoms with Crippen molar-refractivity contribution < 1.29 is 19.3 Å². The van der Waals surface area contributed by atoms with E-state index in [9.17, 15) is 10.2 Å². The first-order chi connectivity index (χ1) is 19.5. The third-order valence-electron chi connectivity index (χ3n) is 9.02. The van der Waals surface area contributed by atoms with Crippen LogP contribution in [0.25, 0.3) is 32.9 Å². The van der Waals surface area contributed by atoms with Gasteiger partial charge in [0.1, 0.15) is 29.4 Å². The molecule has 7 rings (SSSR count). The van der Waals surface area contributed by atoms with Crippen LogP contribution in [0.2, 0.25) is 0 Å². The lowest BCUT2D eigenvalue weighted by molar-refractivity contribution is 0.0924. The fourth-order valence-corrected chi connectivity index (χ4v) is 7.02. The lowest BCUT2D eigenvalue weighted by atomic mass is 9.83. The van der Waals surface area contributed by atoms with Crippen LogP contribution in [0.3, 0.4) is 0 Å². The second kappa shape index (κ2) is 10.1. The smallest absolute Gasteiger partial charge is 0.319 e. The van der Waals surface area contributed by atoms with Gasteiger partial charge in [0.05, 0.1) is 11.5 Å². The standard InChI is InChI=1S/C31H34FN5O3/c1-36-11-5-9-21(36)17-40-31-34-29-26(30(35-31)37-19-7-4-8-20(37)14-23(39)13-19)16-33-28(27(29)32)25-15-22(38)12-18-6-2-3-10-24(18)25/h2-3,6,10,12,15-16,19-21,23,38-39H,4-5,7-9,11,13-14,17H2,1H3/t19-,20?,21+,23+/m1/s1. The van der Waals surface area contributed by atoms with Crippen LogP contribution in [0.1, 0.15) is 44.9 Å². The van der Waals surface area contributed by atoms with Crippen molar-refractivity contribution in [3.05, 3.63) is 48.4 Å². The molecule has 1 unspecified atom stereocenters. The predicted molar refractivity (Wildman–Crippen MR) is 152 cm³/mol. The maximum atomic E-state index is 16.5. The summed E-state index contributed by atoms with van der Waals surface area (Å²) >= 11 is 0. The van der Waals surface area contributed by atoms with Crippen molar-refractivity contribution >= 4 is 27.5 Å². The summed E-state index contributed by atoms with van der Waals surface area (Å²) in [6, 6.07) is 11.4. The number of fused-ring (bicyclic) bond motifs is 4. The average Bonchev–Trinajstić information content (AvgIpc) is 3.35. The molecule has 3 aliphatic heterocycles. The fraction of sp³-hybridized carbons (Fsp3) is 0.452. The number of likely N-dealkylation sites (N-methyl/N-ethyl adjacent to an activating group) is 1. The molecule has 4 aromatic rings. The van der Waals surface area contributed by atoms with Gasteiger partial charge in [-0.25, -0.2) is 4.39 Å². The Balaban J connectivity index is 1.38. The van der Waals surface area contributed by atoms with Gasteiger partial charge in [0, 0.05) is 29.9 Å². The largest absolute Gasteiger partial charge is 0.508 e. The number of halogens is 1. The zero-order valence-corrected chi connectivity index (χ0v) is 22.6. The Kier molecular flexibility index (Phi) is 6.43.